The van der Waals surface area contributed by atoms with Gasteiger partial charge in [-0.05, 0) is 38.8 Å². The first-order valence-electron chi connectivity index (χ1n) is 5.76. The van der Waals surface area contributed by atoms with E-state index >= 15 is 0 Å². The number of nitrogens with one attached hydrogen (secondary N) is 1. The smallest absolute Gasteiger partial charge is 0.337 e. The number of carboxylic acids is 1. The second kappa shape index (κ2) is 6.25. The molecule has 0 amide bonds. The first-order chi connectivity index (χ1) is 8.00. The SMILES string of the molecule is Cc1ccc(NCCCC(C)O)c(C(=O)O)c1. The topological polar surface area (TPSA) is 69.6 Å². The lowest BCUT2D eigenvalue weighted by molar-refractivity contribution is 0.0697. The van der Waals surface area contributed by atoms with Crippen molar-refractivity contribution in [3.8, 4) is 0 Å². The van der Waals surface area contributed by atoms with Crippen molar-refractivity contribution in [1.82, 2.24) is 0 Å². The summed E-state index contributed by atoms with van der Waals surface area (Å²) in [6.07, 6.45) is 1.21. The number of aryl methyl sites for hydroxylation is 1. The van der Waals surface area contributed by atoms with Crippen LogP contribution in [0, 0.1) is 6.92 Å². The minimum atomic E-state index is -0.924. The normalized spacial score (nSPS) is 12.2. The molecule has 1 unspecified atom stereocenters. The van der Waals surface area contributed by atoms with Crippen molar-refractivity contribution in [3.63, 3.8) is 0 Å². The van der Waals surface area contributed by atoms with Gasteiger partial charge in [-0.2, -0.15) is 0 Å². The molecule has 1 aromatic carbocycles. The highest BCUT2D eigenvalue weighted by Crippen LogP contribution is 2.17. The van der Waals surface area contributed by atoms with Crippen molar-refractivity contribution in [2.45, 2.75) is 32.8 Å². The molecule has 0 saturated heterocycles. The van der Waals surface area contributed by atoms with Crippen LogP contribution in [0.15, 0.2) is 18.2 Å². The van der Waals surface area contributed by atoms with E-state index in [4.69, 9.17) is 10.2 Å². The average Bonchev–Trinajstić information content (AvgIpc) is 2.25. The Balaban J connectivity index is 2.61. The van der Waals surface area contributed by atoms with Gasteiger partial charge >= 0.3 is 5.97 Å². The molecule has 0 aromatic heterocycles. The van der Waals surface area contributed by atoms with Crippen molar-refractivity contribution in [3.05, 3.63) is 29.3 Å². The summed E-state index contributed by atoms with van der Waals surface area (Å²) in [7, 11) is 0. The van der Waals surface area contributed by atoms with E-state index in [0.717, 1.165) is 12.0 Å². The lowest BCUT2D eigenvalue weighted by atomic mass is 10.1. The molecule has 0 bridgehead atoms. The standard InChI is InChI=1S/C13H19NO3/c1-9-5-6-12(11(8-9)13(16)17)14-7-3-4-10(2)15/h5-6,8,10,14-15H,3-4,7H2,1-2H3,(H,16,17). The molecule has 1 atom stereocenters. The largest absolute Gasteiger partial charge is 0.478 e. The van der Waals surface area contributed by atoms with Crippen molar-refractivity contribution in [1.29, 1.82) is 0 Å². The molecule has 0 aliphatic carbocycles. The number of hydrogen-bond donors (Lipinski definition) is 3. The van der Waals surface area contributed by atoms with Crippen LogP contribution in [-0.4, -0.2) is 28.8 Å². The maximum atomic E-state index is 11.0. The Morgan fingerprint density at radius 2 is 2.18 bits per heavy atom. The molecule has 17 heavy (non-hydrogen) atoms. The number of carboxylic acid groups (broad SMARTS) is 1. The van der Waals surface area contributed by atoms with Gasteiger partial charge in [0, 0.05) is 12.2 Å². The molecule has 4 nitrogen and oxygen atoms in total. The third kappa shape index (κ3) is 4.44. The maximum Gasteiger partial charge on any atom is 0.337 e. The Labute approximate surface area is 101 Å². The van der Waals surface area contributed by atoms with E-state index in [1.807, 2.05) is 13.0 Å². The molecule has 3 N–H and O–H groups in total. The van der Waals surface area contributed by atoms with Crippen molar-refractivity contribution >= 4 is 11.7 Å². The number of hydrogen-bond acceptors (Lipinski definition) is 3. The number of anilines is 1. The molecule has 94 valence electrons. The van der Waals surface area contributed by atoms with Gasteiger partial charge in [-0.25, -0.2) is 4.79 Å². The van der Waals surface area contributed by atoms with E-state index in [9.17, 15) is 4.79 Å². The van der Waals surface area contributed by atoms with E-state index in [1.54, 1.807) is 19.1 Å². The highest BCUT2D eigenvalue weighted by atomic mass is 16.4. The van der Waals surface area contributed by atoms with Gasteiger partial charge in [0.2, 0.25) is 0 Å². The number of benzene rings is 1. The van der Waals surface area contributed by atoms with E-state index in [0.29, 0.717) is 24.2 Å². The fraction of sp³-hybridized carbons (Fsp3) is 0.462. The molecule has 1 rings (SSSR count). The van der Waals surface area contributed by atoms with Gasteiger partial charge in [0.25, 0.3) is 0 Å². The second-order valence-corrected chi connectivity index (χ2v) is 4.27. The molecule has 0 heterocycles. The van der Waals surface area contributed by atoms with Crippen LogP contribution in [0.25, 0.3) is 0 Å². The first kappa shape index (κ1) is 13.5. The lowest BCUT2D eigenvalue weighted by Gasteiger charge is -2.10. The summed E-state index contributed by atoms with van der Waals surface area (Å²) in [5.74, 6) is -0.924. The van der Waals surface area contributed by atoms with Crippen LogP contribution in [-0.2, 0) is 0 Å². The number of aromatic carboxylic acids is 1. The highest BCUT2D eigenvalue weighted by Gasteiger charge is 2.09. The van der Waals surface area contributed by atoms with Crippen LogP contribution in [0.2, 0.25) is 0 Å². The lowest BCUT2D eigenvalue weighted by Crippen LogP contribution is -2.10. The minimum Gasteiger partial charge on any atom is -0.478 e. The third-order valence-corrected chi connectivity index (χ3v) is 2.52. The summed E-state index contributed by atoms with van der Waals surface area (Å²) in [5, 5.41) is 21.2. The molecule has 0 fully saturated rings. The molecule has 0 aliphatic rings. The Morgan fingerprint density at radius 3 is 2.76 bits per heavy atom. The number of aliphatic hydroxyl groups excluding tert-OH is 1. The van der Waals surface area contributed by atoms with Gasteiger partial charge in [0.05, 0.1) is 11.7 Å². The summed E-state index contributed by atoms with van der Waals surface area (Å²) in [5.41, 5.74) is 1.85. The van der Waals surface area contributed by atoms with Crippen molar-refractivity contribution < 1.29 is 15.0 Å². The molecule has 0 saturated carbocycles. The van der Waals surface area contributed by atoms with E-state index in [1.165, 1.54) is 0 Å². The number of carbonyl (C=O) groups is 1. The Hall–Kier alpha value is -1.55. The quantitative estimate of drug-likeness (QED) is 0.664. The number of rotatable bonds is 6. The Kier molecular flexibility index (Phi) is 4.97. The summed E-state index contributed by atoms with van der Waals surface area (Å²) in [6.45, 7) is 4.27. The Bertz CT molecular complexity index is 388. The van der Waals surface area contributed by atoms with Gasteiger partial charge in [-0.1, -0.05) is 11.6 Å². The minimum absolute atomic E-state index is 0.294. The van der Waals surface area contributed by atoms with Gasteiger partial charge in [0.15, 0.2) is 0 Å². The van der Waals surface area contributed by atoms with Crippen LogP contribution >= 0.6 is 0 Å². The zero-order chi connectivity index (χ0) is 12.8. The fourth-order valence-corrected chi connectivity index (χ4v) is 1.61. The molecule has 1 aromatic rings. The summed E-state index contributed by atoms with van der Waals surface area (Å²) < 4.78 is 0. The summed E-state index contributed by atoms with van der Waals surface area (Å²) >= 11 is 0. The Morgan fingerprint density at radius 1 is 1.47 bits per heavy atom. The van der Waals surface area contributed by atoms with Crippen LogP contribution < -0.4 is 5.32 Å². The van der Waals surface area contributed by atoms with E-state index in [-0.39, 0.29) is 6.10 Å². The number of aliphatic hydroxyl groups is 1. The van der Waals surface area contributed by atoms with Crippen molar-refractivity contribution in [2.75, 3.05) is 11.9 Å². The molecule has 0 spiro atoms. The fourth-order valence-electron chi connectivity index (χ4n) is 1.61. The second-order valence-electron chi connectivity index (χ2n) is 4.27. The molecular weight excluding hydrogens is 218 g/mol. The van der Waals surface area contributed by atoms with Crippen LogP contribution in [0.5, 0.6) is 0 Å². The van der Waals surface area contributed by atoms with Crippen LogP contribution in [0.3, 0.4) is 0 Å². The highest BCUT2D eigenvalue weighted by molar-refractivity contribution is 5.94. The first-order valence-corrected chi connectivity index (χ1v) is 5.76. The monoisotopic (exact) mass is 237 g/mol. The van der Waals surface area contributed by atoms with Gasteiger partial charge in [-0.3, -0.25) is 0 Å². The average molecular weight is 237 g/mol. The predicted octanol–water partition coefficient (Wildman–Crippen LogP) is 2.27. The molecule has 0 radical (unpaired) electrons. The van der Waals surface area contributed by atoms with Crippen LogP contribution in [0.1, 0.15) is 35.7 Å². The van der Waals surface area contributed by atoms with Gasteiger partial charge < -0.3 is 15.5 Å². The third-order valence-electron chi connectivity index (χ3n) is 2.52. The molecule has 0 aliphatic heterocycles. The predicted molar refractivity (Wildman–Crippen MR) is 67.5 cm³/mol. The maximum absolute atomic E-state index is 11.0. The zero-order valence-electron chi connectivity index (χ0n) is 10.2. The summed E-state index contributed by atoms with van der Waals surface area (Å²) in [6, 6.07) is 5.31. The van der Waals surface area contributed by atoms with E-state index < -0.39 is 5.97 Å². The molecule has 4 heteroatoms. The van der Waals surface area contributed by atoms with Crippen LogP contribution in [0.4, 0.5) is 5.69 Å². The van der Waals surface area contributed by atoms with Gasteiger partial charge in [0.1, 0.15) is 0 Å². The summed E-state index contributed by atoms with van der Waals surface area (Å²) in [4.78, 5) is 11.0. The van der Waals surface area contributed by atoms with Crippen molar-refractivity contribution in [2.24, 2.45) is 0 Å². The van der Waals surface area contributed by atoms with Gasteiger partial charge in [-0.15, -0.1) is 0 Å². The molecular formula is C13H19NO3. The van der Waals surface area contributed by atoms with E-state index in [2.05, 4.69) is 5.32 Å². The zero-order valence-corrected chi connectivity index (χ0v) is 10.2.